The van der Waals surface area contributed by atoms with Crippen LogP contribution in [0.15, 0.2) is 21.7 Å². The van der Waals surface area contributed by atoms with Crippen LogP contribution in [0.1, 0.15) is 20.3 Å². The summed E-state index contributed by atoms with van der Waals surface area (Å²) in [5, 5.41) is 10.8. The van der Waals surface area contributed by atoms with E-state index in [4.69, 9.17) is 5.26 Å². The summed E-state index contributed by atoms with van der Waals surface area (Å²) in [5.74, 6) is 0.278. The lowest BCUT2D eigenvalue weighted by Gasteiger charge is -2.22. The summed E-state index contributed by atoms with van der Waals surface area (Å²) in [6.45, 7) is 3.94. The molecule has 0 saturated carbocycles. The molecule has 0 amide bonds. The van der Waals surface area contributed by atoms with Gasteiger partial charge in [-0.2, -0.15) is 9.57 Å². The molecule has 0 aliphatic rings. The van der Waals surface area contributed by atoms with Crippen LogP contribution in [0.2, 0.25) is 0 Å². The van der Waals surface area contributed by atoms with Crippen molar-refractivity contribution in [3.63, 3.8) is 0 Å². The van der Waals surface area contributed by atoms with Gasteiger partial charge >= 0.3 is 0 Å². The summed E-state index contributed by atoms with van der Waals surface area (Å²) in [6.07, 6.45) is 0.539. The molecule has 0 fully saturated rings. The maximum Gasteiger partial charge on any atom is 0.253 e. The molecule has 1 aromatic rings. The van der Waals surface area contributed by atoms with Gasteiger partial charge in [-0.15, -0.1) is 11.3 Å². The zero-order valence-corrected chi connectivity index (χ0v) is 11.8. The zero-order chi connectivity index (χ0) is 13.1. The molecule has 1 atom stereocenters. The highest BCUT2D eigenvalue weighted by atomic mass is 32.2. The van der Waals surface area contributed by atoms with Crippen molar-refractivity contribution in [2.75, 3.05) is 7.05 Å². The average Bonchev–Trinajstić information content (AvgIpc) is 2.78. The van der Waals surface area contributed by atoms with Gasteiger partial charge in [0, 0.05) is 7.05 Å². The topological polar surface area (TPSA) is 61.2 Å². The molecule has 1 unspecified atom stereocenters. The second-order valence-electron chi connectivity index (χ2n) is 4.23. The predicted molar refractivity (Wildman–Crippen MR) is 68.1 cm³/mol. The second kappa shape index (κ2) is 5.63. The third kappa shape index (κ3) is 3.28. The summed E-state index contributed by atoms with van der Waals surface area (Å²) in [6, 6.07) is 4.69. The standard InChI is InChI=1S/C11H16N2O2S2/c1-9(2)7-10(8-12)13(3)17(14,15)11-5-4-6-16-11/h4-6,9-10H,7H2,1-3H3. The van der Waals surface area contributed by atoms with E-state index in [9.17, 15) is 8.42 Å². The van der Waals surface area contributed by atoms with Gasteiger partial charge in [0.05, 0.1) is 6.07 Å². The SMILES string of the molecule is CC(C)CC(C#N)N(C)S(=O)(=O)c1cccs1. The number of hydrogen-bond donors (Lipinski definition) is 0. The van der Waals surface area contributed by atoms with Gasteiger partial charge in [0.25, 0.3) is 10.0 Å². The smallest absolute Gasteiger partial charge is 0.206 e. The lowest BCUT2D eigenvalue weighted by Crippen LogP contribution is -2.36. The highest BCUT2D eigenvalue weighted by Gasteiger charge is 2.29. The van der Waals surface area contributed by atoms with Gasteiger partial charge < -0.3 is 0 Å². The van der Waals surface area contributed by atoms with Gasteiger partial charge in [-0.05, 0) is 23.8 Å². The van der Waals surface area contributed by atoms with Gasteiger partial charge in [0.1, 0.15) is 10.3 Å². The first kappa shape index (κ1) is 14.2. The Bertz CT molecular complexity index is 486. The minimum atomic E-state index is -3.52. The first-order valence-electron chi connectivity index (χ1n) is 5.30. The fourth-order valence-electron chi connectivity index (χ4n) is 1.45. The highest BCUT2D eigenvalue weighted by molar-refractivity contribution is 7.91. The Kier molecular flexibility index (Phi) is 4.69. The van der Waals surface area contributed by atoms with Gasteiger partial charge in [0.2, 0.25) is 0 Å². The summed E-state index contributed by atoms with van der Waals surface area (Å²) >= 11 is 1.17. The summed E-state index contributed by atoms with van der Waals surface area (Å²) in [7, 11) is -2.06. The quantitative estimate of drug-likeness (QED) is 0.826. The largest absolute Gasteiger partial charge is 0.253 e. The molecule has 0 saturated heterocycles. The first-order valence-corrected chi connectivity index (χ1v) is 7.62. The van der Waals surface area contributed by atoms with E-state index in [0.717, 1.165) is 0 Å². The van der Waals surface area contributed by atoms with E-state index >= 15 is 0 Å². The minimum absolute atomic E-state index is 0.278. The number of hydrogen-bond acceptors (Lipinski definition) is 4. The van der Waals surface area contributed by atoms with Crippen molar-refractivity contribution in [3.8, 4) is 6.07 Å². The number of nitrogens with zero attached hydrogens (tertiary/aromatic N) is 2. The lowest BCUT2D eigenvalue weighted by atomic mass is 10.1. The summed E-state index contributed by atoms with van der Waals surface area (Å²) < 4.78 is 25.8. The molecule has 0 radical (unpaired) electrons. The van der Waals surface area contributed by atoms with Crippen LogP contribution in [0.4, 0.5) is 0 Å². The molecule has 1 rings (SSSR count). The van der Waals surface area contributed by atoms with Crippen LogP contribution < -0.4 is 0 Å². The average molecular weight is 272 g/mol. The van der Waals surface area contributed by atoms with Crippen LogP contribution in [0, 0.1) is 17.2 Å². The summed E-state index contributed by atoms with van der Waals surface area (Å²) in [4.78, 5) is 0. The molecule has 0 spiro atoms. The van der Waals surface area contributed by atoms with E-state index in [1.807, 2.05) is 13.8 Å². The van der Waals surface area contributed by atoms with Gasteiger partial charge in [0.15, 0.2) is 0 Å². The Labute approximate surface area is 107 Å². The van der Waals surface area contributed by atoms with Crippen LogP contribution in [0.3, 0.4) is 0 Å². The number of nitriles is 1. The lowest BCUT2D eigenvalue weighted by molar-refractivity contribution is 0.372. The number of sulfonamides is 1. The molecular weight excluding hydrogens is 256 g/mol. The second-order valence-corrected chi connectivity index (χ2v) is 7.40. The van der Waals surface area contributed by atoms with E-state index < -0.39 is 16.1 Å². The van der Waals surface area contributed by atoms with Crippen molar-refractivity contribution in [2.24, 2.45) is 5.92 Å². The molecule has 1 aromatic heterocycles. The van der Waals surface area contributed by atoms with E-state index in [2.05, 4.69) is 6.07 Å². The number of thiophene rings is 1. The molecule has 17 heavy (non-hydrogen) atoms. The Morgan fingerprint density at radius 3 is 2.59 bits per heavy atom. The van der Waals surface area contributed by atoms with Crippen molar-refractivity contribution in [3.05, 3.63) is 17.5 Å². The van der Waals surface area contributed by atoms with Crippen molar-refractivity contribution in [2.45, 2.75) is 30.5 Å². The molecule has 1 heterocycles. The normalized spacial score (nSPS) is 13.9. The first-order chi connectivity index (χ1) is 7.89. The van der Waals surface area contributed by atoms with Crippen LogP contribution >= 0.6 is 11.3 Å². The summed E-state index contributed by atoms with van der Waals surface area (Å²) in [5.41, 5.74) is 0. The van der Waals surface area contributed by atoms with Crippen LogP contribution in [0.5, 0.6) is 0 Å². The molecule has 94 valence electrons. The third-order valence-electron chi connectivity index (χ3n) is 2.41. The molecule has 0 bridgehead atoms. The Morgan fingerprint density at radius 2 is 2.18 bits per heavy atom. The molecule has 0 N–H and O–H groups in total. The van der Waals surface area contributed by atoms with Crippen LogP contribution in [-0.4, -0.2) is 25.8 Å². The Balaban J connectivity index is 2.96. The van der Waals surface area contributed by atoms with Crippen LogP contribution in [-0.2, 0) is 10.0 Å². The predicted octanol–water partition coefficient (Wildman–Crippen LogP) is 2.31. The fourth-order valence-corrected chi connectivity index (χ4v) is 3.91. The fraction of sp³-hybridized carbons (Fsp3) is 0.545. The molecule has 0 aliphatic heterocycles. The van der Waals surface area contributed by atoms with E-state index in [-0.39, 0.29) is 10.1 Å². The van der Waals surface area contributed by atoms with Crippen molar-refractivity contribution in [1.29, 1.82) is 5.26 Å². The number of rotatable bonds is 5. The molecule has 0 aromatic carbocycles. The molecule has 4 nitrogen and oxygen atoms in total. The van der Waals surface area contributed by atoms with Crippen molar-refractivity contribution >= 4 is 21.4 Å². The van der Waals surface area contributed by atoms with E-state index in [1.54, 1.807) is 17.5 Å². The minimum Gasteiger partial charge on any atom is -0.206 e. The van der Waals surface area contributed by atoms with Crippen molar-refractivity contribution < 1.29 is 8.42 Å². The highest BCUT2D eigenvalue weighted by Crippen LogP contribution is 2.23. The monoisotopic (exact) mass is 272 g/mol. The van der Waals surface area contributed by atoms with Gasteiger partial charge in [-0.1, -0.05) is 19.9 Å². The molecule has 0 aliphatic carbocycles. The Hall–Kier alpha value is -0.900. The Morgan fingerprint density at radius 1 is 1.53 bits per heavy atom. The van der Waals surface area contributed by atoms with Crippen LogP contribution in [0.25, 0.3) is 0 Å². The van der Waals surface area contributed by atoms with E-state index in [0.29, 0.717) is 6.42 Å². The van der Waals surface area contributed by atoms with Gasteiger partial charge in [-0.25, -0.2) is 8.42 Å². The third-order valence-corrected chi connectivity index (χ3v) is 5.65. The molecule has 6 heteroatoms. The van der Waals surface area contributed by atoms with E-state index in [1.165, 1.54) is 22.7 Å². The van der Waals surface area contributed by atoms with Gasteiger partial charge in [-0.3, -0.25) is 0 Å². The maximum absolute atomic E-state index is 12.2. The molecular formula is C11H16N2O2S2. The maximum atomic E-state index is 12.2. The zero-order valence-electron chi connectivity index (χ0n) is 10.1. The van der Waals surface area contributed by atoms with Crippen molar-refractivity contribution in [1.82, 2.24) is 4.31 Å².